The molecule has 0 N–H and O–H groups in total. The first kappa shape index (κ1) is 11.3. The Hall–Kier alpha value is -2.17. The van der Waals surface area contributed by atoms with Crippen LogP contribution in [0, 0.1) is 22.7 Å². The second-order valence-electron chi connectivity index (χ2n) is 3.44. The van der Waals surface area contributed by atoms with E-state index in [1.807, 2.05) is 42.3 Å². The molecule has 2 rings (SSSR count). The highest BCUT2D eigenvalue weighted by Crippen LogP contribution is 2.44. The van der Waals surface area contributed by atoms with E-state index in [0.717, 1.165) is 10.7 Å². The van der Waals surface area contributed by atoms with Crippen LogP contribution in [0.3, 0.4) is 0 Å². The summed E-state index contributed by atoms with van der Waals surface area (Å²) in [6.45, 7) is 0. The van der Waals surface area contributed by atoms with Gasteiger partial charge in [0.05, 0.1) is 10.7 Å². The Morgan fingerprint density at radius 1 is 1.29 bits per heavy atom. The number of hydrogen-bond donors (Lipinski definition) is 0. The van der Waals surface area contributed by atoms with Gasteiger partial charge in [0.15, 0.2) is 0 Å². The monoisotopic (exact) mass is 239 g/mol. The van der Waals surface area contributed by atoms with Gasteiger partial charge in [-0.25, -0.2) is 0 Å². The largest absolute Gasteiger partial charge is 0.338 e. The average molecular weight is 239 g/mol. The summed E-state index contributed by atoms with van der Waals surface area (Å²) in [6, 6.07) is 11.8. The van der Waals surface area contributed by atoms with Crippen LogP contribution in [0.15, 0.2) is 51.9 Å². The first-order chi connectivity index (χ1) is 8.26. The molecule has 4 heteroatoms. The molecule has 0 aromatic heterocycles. The van der Waals surface area contributed by atoms with E-state index in [4.69, 9.17) is 10.5 Å². The van der Waals surface area contributed by atoms with Crippen LogP contribution in [0.4, 0.5) is 5.69 Å². The van der Waals surface area contributed by atoms with Gasteiger partial charge in [0.25, 0.3) is 0 Å². The van der Waals surface area contributed by atoms with Gasteiger partial charge < -0.3 is 4.90 Å². The summed E-state index contributed by atoms with van der Waals surface area (Å²) in [5.74, 6) is 0. The predicted octanol–water partition coefficient (Wildman–Crippen LogP) is 3.04. The number of hydrogen-bond acceptors (Lipinski definition) is 4. The minimum atomic E-state index is 0.113. The number of benzene rings is 1. The van der Waals surface area contributed by atoms with E-state index in [0.29, 0.717) is 0 Å². The van der Waals surface area contributed by atoms with Crippen LogP contribution >= 0.6 is 11.8 Å². The Bertz CT molecular complexity index is 571. The molecule has 0 spiro atoms. The summed E-state index contributed by atoms with van der Waals surface area (Å²) in [5, 5.41) is 18.3. The van der Waals surface area contributed by atoms with Gasteiger partial charge in [-0.05, 0) is 24.3 Å². The number of fused-ring (bicyclic) bond motifs is 1. The Morgan fingerprint density at radius 2 is 2.00 bits per heavy atom. The van der Waals surface area contributed by atoms with Crippen molar-refractivity contribution < 1.29 is 0 Å². The summed E-state index contributed by atoms with van der Waals surface area (Å²) in [4.78, 5) is 3.23. The fourth-order valence-electron chi connectivity index (χ4n) is 1.52. The summed E-state index contributed by atoms with van der Waals surface area (Å²) in [7, 11) is 1.97. The van der Waals surface area contributed by atoms with E-state index in [-0.39, 0.29) is 5.57 Å². The fourth-order valence-corrected chi connectivity index (χ4v) is 2.57. The number of nitrogens with zero attached hydrogens (tertiary/aromatic N) is 3. The normalized spacial score (nSPS) is 15.0. The molecule has 0 amide bonds. The van der Waals surface area contributed by atoms with Gasteiger partial charge in [-0.1, -0.05) is 23.9 Å². The molecule has 0 aliphatic carbocycles. The minimum Gasteiger partial charge on any atom is -0.338 e. The number of para-hydroxylation sites is 1. The van der Waals surface area contributed by atoms with Crippen LogP contribution in [-0.4, -0.2) is 7.05 Å². The number of nitriles is 2. The lowest BCUT2D eigenvalue weighted by Crippen LogP contribution is -2.08. The highest BCUT2D eigenvalue weighted by Gasteiger charge is 2.20. The molecular formula is C13H9N3S. The topological polar surface area (TPSA) is 50.8 Å². The Labute approximate surface area is 104 Å². The maximum atomic E-state index is 8.65. The second kappa shape index (κ2) is 4.78. The van der Waals surface area contributed by atoms with E-state index >= 15 is 0 Å². The zero-order chi connectivity index (χ0) is 12.3. The van der Waals surface area contributed by atoms with Gasteiger partial charge in [-0.15, -0.1) is 0 Å². The molecule has 1 aromatic carbocycles. The Kier molecular flexibility index (Phi) is 3.18. The summed E-state index contributed by atoms with van der Waals surface area (Å²) >= 11 is 1.63. The van der Waals surface area contributed by atoms with Gasteiger partial charge in [0.1, 0.15) is 17.7 Å². The van der Waals surface area contributed by atoms with Crippen molar-refractivity contribution in [3.63, 3.8) is 0 Å². The maximum Gasteiger partial charge on any atom is 0.129 e. The first-order valence-electron chi connectivity index (χ1n) is 4.99. The molecule has 0 radical (unpaired) electrons. The van der Waals surface area contributed by atoms with Crippen LogP contribution in [0.1, 0.15) is 0 Å². The molecule has 0 bridgehead atoms. The number of thioether (sulfide) groups is 1. The van der Waals surface area contributed by atoms with Gasteiger partial charge in [0, 0.05) is 11.9 Å². The Balaban J connectivity index is 2.30. The van der Waals surface area contributed by atoms with Crippen LogP contribution in [0.5, 0.6) is 0 Å². The summed E-state index contributed by atoms with van der Waals surface area (Å²) in [6.07, 6.45) is 3.34. The van der Waals surface area contributed by atoms with Crippen LogP contribution in [0.25, 0.3) is 0 Å². The molecule has 1 aliphatic rings. The molecule has 0 atom stereocenters. The average Bonchev–Trinajstić information content (AvgIpc) is 2.68. The van der Waals surface area contributed by atoms with Crippen molar-refractivity contribution in [1.29, 1.82) is 10.5 Å². The molecule has 1 aromatic rings. The molecule has 0 unspecified atom stereocenters. The lowest BCUT2D eigenvalue weighted by atomic mass is 10.3. The molecule has 3 nitrogen and oxygen atoms in total. The number of rotatable bonds is 1. The smallest absolute Gasteiger partial charge is 0.129 e. The van der Waals surface area contributed by atoms with E-state index in [1.165, 1.54) is 4.90 Å². The van der Waals surface area contributed by atoms with Gasteiger partial charge in [-0.3, -0.25) is 0 Å². The quantitative estimate of drug-likeness (QED) is 0.707. The summed E-state index contributed by atoms with van der Waals surface area (Å²) in [5.41, 5.74) is 1.26. The van der Waals surface area contributed by atoms with Crippen molar-refractivity contribution in [1.82, 2.24) is 0 Å². The molecular weight excluding hydrogens is 230 g/mol. The van der Waals surface area contributed by atoms with E-state index < -0.39 is 0 Å². The third kappa shape index (κ3) is 2.18. The van der Waals surface area contributed by atoms with E-state index in [9.17, 15) is 0 Å². The predicted molar refractivity (Wildman–Crippen MR) is 68.1 cm³/mol. The lowest BCUT2D eigenvalue weighted by molar-refractivity contribution is 1.17. The van der Waals surface area contributed by atoms with Crippen LogP contribution in [0.2, 0.25) is 0 Å². The Morgan fingerprint density at radius 3 is 2.65 bits per heavy atom. The molecule has 0 saturated heterocycles. The zero-order valence-corrected chi connectivity index (χ0v) is 10.0. The third-order valence-electron chi connectivity index (χ3n) is 2.41. The summed E-state index contributed by atoms with van der Waals surface area (Å²) < 4.78 is 0. The maximum absolute atomic E-state index is 8.65. The number of anilines is 1. The van der Waals surface area contributed by atoms with Crippen molar-refractivity contribution in [2.45, 2.75) is 4.90 Å². The fraction of sp³-hybridized carbons (Fsp3) is 0.0769. The first-order valence-corrected chi connectivity index (χ1v) is 5.80. The van der Waals surface area contributed by atoms with Gasteiger partial charge in [-0.2, -0.15) is 10.5 Å². The van der Waals surface area contributed by atoms with Gasteiger partial charge in [0.2, 0.25) is 0 Å². The molecule has 0 fully saturated rings. The molecule has 1 aliphatic heterocycles. The van der Waals surface area contributed by atoms with Crippen LogP contribution in [-0.2, 0) is 0 Å². The standard InChI is InChI=1S/C13H9N3S/c1-16-11-4-2-3-5-12(11)17-13(16)7-6-10(8-14)9-15/h2-7H,1H3. The molecule has 17 heavy (non-hydrogen) atoms. The van der Waals surface area contributed by atoms with Crippen molar-refractivity contribution in [3.8, 4) is 12.1 Å². The molecule has 82 valence electrons. The highest BCUT2D eigenvalue weighted by atomic mass is 32.2. The lowest BCUT2D eigenvalue weighted by Gasteiger charge is -2.12. The molecule has 0 saturated carbocycles. The van der Waals surface area contributed by atoms with Crippen molar-refractivity contribution in [2.24, 2.45) is 0 Å². The van der Waals surface area contributed by atoms with Crippen molar-refractivity contribution in [3.05, 3.63) is 47.0 Å². The van der Waals surface area contributed by atoms with E-state index in [2.05, 4.69) is 6.07 Å². The molecule has 1 heterocycles. The second-order valence-corrected chi connectivity index (χ2v) is 4.50. The number of allylic oxidation sites excluding steroid dienone is 3. The highest BCUT2D eigenvalue weighted by molar-refractivity contribution is 8.03. The third-order valence-corrected chi connectivity index (χ3v) is 3.59. The van der Waals surface area contributed by atoms with E-state index in [1.54, 1.807) is 23.9 Å². The zero-order valence-electron chi connectivity index (χ0n) is 9.21. The minimum absolute atomic E-state index is 0.113. The SMILES string of the molecule is CN1C(=CC=C(C#N)C#N)Sc2ccccc21. The van der Waals surface area contributed by atoms with Crippen LogP contribution < -0.4 is 4.90 Å². The van der Waals surface area contributed by atoms with Crippen molar-refractivity contribution >= 4 is 17.4 Å². The van der Waals surface area contributed by atoms with Crippen molar-refractivity contribution in [2.75, 3.05) is 11.9 Å². The van der Waals surface area contributed by atoms with Gasteiger partial charge >= 0.3 is 0 Å².